The number of aryl methyl sites for hydroxylation is 1. The van der Waals surface area contributed by atoms with Crippen LogP contribution in [-0.2, 0) is 17.8 Å². The molecule has 0 aliphatic carbocycles. The lowest BCUT2D eigenvalue weighted by molar-refractivity contribution is -0.128. The second-order valence-corrected chi connectivity index (χ2v) is 7.43. The number of hydrogen-bond donors (Lipinski definition) is 2. The highest BCUT2D eigenvalue weighted by Gasteiger charge is 2.09. The molecule has 8 heteroatoms. The average molecular weight is 548 g/mol. The second-order valence-electron chi connectivity index (χ2n) is 7.43. The predicted octanol–water partition coefficient (Wildman–Crippen LogP) is 3.30. The van der Waals surface area contributed by atoms with E-state index >= 15 is 0 Å². The smallest absolute Gasteiger partial charge is 0.244 e. The molecule has 0 fully saturated rings. The molecule has 0 bridgehead atoms. The quantitative estimate of drug-likeness (QED) is 0.177. The van der Waals surface area contributed by atoms with E-state index in [4.69, 9.17) is 0 Å². The molecule has 0 unspecified atom stereocenters. The van der Waals surface area contributed by atoms with Crippen LogP contribution >= 0.6 is 24.0 Å². The Labute approximate surface area is 207 Å². The van der Waals surface area contributed by atoms with Gasteiger partial charge in [0.25, 0.3) is 0 Å². The van der Waals surface area contributed by atoms with E-state index in [0.717, 1.165) is 38.2 Å². The maximum Gasteiger partial charge on any atom is 0.244 e. The van der Waals surface area contributed by atoms with Crippen molar-refractivity contribution in [3.8, 4) is 0 Å². The molecule has 32 heavy (non-hydrogen) atoms. The topological polar surface area (TPSA) is 74.6 Å². The summed E-state index contributed by atoms with van der Waals surface area (Å²) in [6, 6.07) is 16.4. The molecule has 0 saturated carbocycles. The third-order valence-corrected chi connectivity index (χ3v) is 5.12. The van der Waals surface area contributed by atoms with Gasteiger partial charge in [0.1, 0.15) is 6.54 Å². The van der Waals surface area contributed by atoms with E-state index in [-0.39, 0.29) is 36.4 Å². The standard InChI is InChI=1S/C24H32N6O.HI/c1-3-25-24(27-15-8-16-30-18-12-20-9-4-5-11-22(20)30)28-19-23(31)29(2)17-13-21-10-6-7-14-26-21;/h4-7,9-12,14,18H,3,8,13,15-17,19H2,1-2H3,(H2,25,27,28);1H. The number of amides is 1. The van der Waals surface area contributed by atoms with Crippen molar-refractivity contribution in [2.24, 2.45) is 4.99 Å². The van der Waals surface area contributed by atoms with Crippen molar-refractivity contribution in [2.45, 2.75) is 26.3 Å². The van der Waals surface area contributed by atoms with Crippen LogP contribution in [0.25, 0.3) is 10.9 Å². The normalized spacial score (nSPS) is 11.1. The summed E-state index contributed by atoms with van der Waals surface area (Å²) in [5.74, 6) is 0.665. The SMILES string of the molecule is CCNC(=NCC(=O)N(C)CCc1ccccn1)NCCCn1ccc2ccccc21.I. The average Bonchev–Trinajstić information content (AvgIpc) is 3.22. The summed E-state index contributed by atoms with van der Waals surface area (Å²) < 4.78 is 2.27. The number of carbonyl (C=O) groups is 1. The van der Waals surface area contributed by atoms with Gasteiger partial charge in [0.2, 0.25) is 5.91 Å². The Kier molecular flexibility index (Phi) is 11.0. The van der Waals surface area contributed by atoms with E-state index in [2.05, 4.69) is 61.7 Å². The van der Waals surface area contributed by atoms with Crippen LogP contribution < -0.4 is 10.6 Å². The van der Waals surface area contributed by atoms with Crippen molar-refractivity contribution < 1.29 is 4.79 Å². The van der Waals surface area contributed by atoms with E-state index < -0.39 is 0 Å². The molecule has 0 radical (unpaired) electrons. The number of pyridine rings is 1. The van der Waals surface area contributed by atoms with Gasteiger partial charge < -0.3 is 20.1 Å². The number of halogens is 1. The number of rotatable bonds is 10. The number of likely N-dealkylation sites (N-methyl/N-ethyl adjacent to an activating group) is 1. The zero-order valence-corrected chi connectivity index (χ0v) is 21.2. The van der Waals surface area contributed by atoms with Gasteiger partial charge in [0.05, 0.1) is 0 Å². The third-order valence-electron chi connectivity index (χ3n) is 5.12. The fourth-order valence-electron chi connectivity index (χ4n) is 3.35. The van der Waals surface area contributed by atoms with Gasteiger partial charge in [0.15, 0.2) is 5.96 Å². The van der Waals surface area contributed by atoms with Crippen LogP contribution in [0, 0.1) is 0 Å². The summed E-state index contributed by atoms with van der Waals surface area (Å²) in [5.41, 5.74) is 2.23. The Bertz CT molecular complexity index is 988. The summed E-state index contributed by atoms with van der Waals surface area (Å²) in [6.45, 7) is 5.22. The maximum atomic E-state index is 12.4. The third kappa shape index (κ3) is 7.81. The van der Waals surface area contributed by atoms with Gasteiger partial charge in [-0.3, -0.25) is 9.78 Å². The lowest BCUT2D eigenvalue weighted by atomic mass is 10.2. The van der Waals surface area contributed by atoms with E-state index in [1.54, 1.807) is 11.1 Å². The second kappa shape index (κ2) is 13.7. The molecule has 2 heterocycles. The molecule has 3 aromatic rings. The Morgan fingerprint density at radius 2 is 1.94 bits per heavy atom. The van der Waals surface area contributed by atoms with E-state index in [1.807, 2.05) is 32.2 Å². The van der Waals surface area contributed by atoms with Gasteiger partial charge in [-0.15, -0.1) is 24.0 Å². The number of fused-ring (bicyclic) bond motifs is 1. The Hall–Kier alpha value is -2.62. The number of guanidine groups is 1. The molecule has 172 valence electrons. The van der Waals surface area contributed by atoms with Gasteiger partial charge in [-0.05, 0) is 43.0 Å². The number of hydrogen-bond acceptors (Lipinski definition) is 3. The largest absolute Gasteiger partial charge is 0.357 e. The van der Waals surface area contributed by atoms with Crippen LogP contribution in [0.5, 0.6) is 0 Å². The zero-order valence-electron chi connectivity index (χ0n) is 18.8. The van der Waals surface area contributed by atoms with Crippen LogP contribution in [0.2, 0.25) is 0 Å². The van der Waals surface area contributed by atoms with E-state index in [1.165, 1.54) is 10.9 Å². The molecule has 0 atom stereocenters. The lowest BCUT2D eigenvalue weighted by Crippen LogP contribution is -2.39. The molecule has 0 saturated heterocycles. The number of aliphatic imine (C=N–C) groups is 1. The predicted molar refractivity (Wildman–Crippen MR) is 142 cm³/mol. The molecular weight excluding hydrogens is 515 g/mol. The van der Waals surface area contributed by atoms with Crippen molar-refractivity contribution in [3.63, 3.8) is 0 Å². The van der Waals surface area contributed by atoms with Crippen LogP contribution in [-0.4, -0.2) is 59.5 Å². The summed E-state index contributed by atoms with van der Waals surface area (Å²) in [6.07, 6.45) is 5.60. The van der Waals surface area contributed by atoms with Gasteiger partial charge in [-0.25, -0.2) is 4.99 Å². The van der Waals surface area contributed by atoms with Gasteiger partial charge in [-0.1, -0.05) is 24.3 Å². The summed E-state index contributed by atoms with van der Waals surface area (Å²) in [4.78, 5) is 22.9. The minimum atomic E-state index is -0.00746. The number of nitrogens with zero attached hydrogens (tertiary/aromatic N) is 4. The van der Waals surface area contributed by atoms with Crippen molar-refractivity contribution in [3.05, 3.63) is 66.6 Å². The fourth-order valence-corrected chi connectivity index (χ4v) is 3.35. The summed E-state index contributed by atoms with van der Waals surface area (Å²) in [5, 5.41) is 7.80. The van der Waals surface area contributed by atoms with Crippen molar-refractivity contribution in [1.82, 2.24) is 25.1 Å². The Morgan fingerprint density at radius 1 is 1.12 bits per heavy atom. The van der Waals surface area contributed by atoms with E-state index in [0.29, 0.717) is 12.5 Å². The number of nitrogens with one attached hydrogen (secondary N) is 2. The van der Waals surface area contributed by atoms with Crippen LogP contribution in [0.3, 0.4) is 0 Å². The molecule has 3 rings (SSSR count). The number of carbonyl (C=O) groups excluding carboxylic acids is 1. The van der Waals surface area contributed by atoms with Gasteiger partial charge in [-0.2, -0.15) is 0 Å². The first-order chi connectivity index (χ1) is 15.2. The van der Waals surface area contributed by atoms with Crippen molar-refractivity contribution in [1.29, 1.82) is 0 Å². The van der Waals surface area contributed by atoms with E-state index in [9.17, 15) is 4.79 Å². The van der Waals surface area contributed by atoms with Crippen molar-refractivity contribution in [2.75, 3.05) is 33.2 Å². The Morgan fingerprint density at radius 3 is 2.72 bits per heavy atom. The molecule has 2 N–H and O–H groups in total. The Balaban J connectivity index is 0.00000363. The minimum Gasteiger partial charge on any atom is -0.357 e. The van der Waals surface area contributed by atoms with Crippen molar-refractivity contribution >= 4 is 46.7 Å². The molecule has 7 nitrogen and oxygen atoms in total. The summed E-state index contributed by atoms with van der Waals surface area (Å²) >= 11 is 0. The summed E-state index contributed by atoms with van der Waals surface area (Å²) in [7, 11) is 1.81. The number of aromatic nitrogens is 2. The monoisotopic (exact) mass is 548 g/mol. The molecular formula is C24H33IN6O. The highest BCUT2D eigenvalue weighted by atomic mass is 127. The highest BCUT2D eigenvalue weighted by molar-refractivity contribution is 14.0. The number of para-hydroxylation sites is 1. The first kappa shape index (κ1) is 25.6. The van der Waals surface area contributed by atoms with Gasteiger partial charge in [0, 0.05) is 63.3 Å². The van der Waals surface area contributed by atoms with Crippen LogP contribution in [0.15, 0.2) is 65.9 Å². The zero-order chi connectivity index (χ0) is 21.9. The molecule has 0 spiro atoms. The molecule has 0 aliphatic heterocycles. The van der Waals surface area contributed by atoms with Crippen LogP contribution in [0.1, 0.15) is 19.0 Å². The molecule has 1 aromatic carbocycles. The first-order valence-corrected chi connectivity index (χ1v) is 10.9. The number of benzene rings is 1. The van der Waals surface area contributed by atoms with Crippen LogP contribution in [0.4, 0.5) is 0 Å². The fraction of sp³-hybridized carbons (Fsp3) is 0.375. The highest BCUT2D eigenvalue weighted by Crippen LogP contribution is 2.15. The molecule has 0 aliphatic rings. The maximum absolute atomic E-state index is 12.4. The molecule has 1 amide bonds. The molecule has 2 aromatic heterocycles. The van der Waals surface area contributed by atoms with Gasteiger partial charge >= 0.3 is 0 Å². The minimum absolute atomic E-state index is 0. The first-order valence-electron chi connectivity index (χ1n) is 10.9. The lowest BCUT2D eigenvalue weighted by Gasteiger charge is -2.17.